The van der Waals surface area contributed by atoms with Crippen molar-refractivity contribution in [1.29, 1.82) is 0 Å². The molecule has 0 bridgehead atoms. The highest BCUT2D eigenvalue weighted by Crippen LogP contribution is 2.23. The largest absolute Gasteiger partial charge is 0.336 e. The number of hydrogen-bond acceptors (Lipinski definition) is 5. The minimum Gasteiger partial charge on any atom is -0.336 e. The molecule has 1 saturated heterocycles. The lowest BCUT2D eigenvalue weighted by Crippen LogP contribution is -2.50. The zero-order valence-electron chi connectivity index (χ0n) is 12.3. The minimum absolute atomic E-state index is 0.103. The number of halogens is 2. The molecule has 1 aromatic heterocycles. The lowest BCUT2D eigenvalue weighted by molar-refractivity contribution is 0.0696. The molecule has 11 heteroatoms. The number of rotatable bonds is 3. The Kier molecular flexibility index (Phi) is 4.65. The van der Waals surface area contributed by atoms with Crippen LogP contribution in [0.3, 0.4) is 0 Å². The van der Waals surface area contributed by atoms with Gasteiger partial charge in [-0.25, -0.2) is 22.9 Å². The number of amides is 1. The Bertz CT molecular complexity index is 850. The Balaban J connectivity index is 1.71. The van der Waals surface area contributed by atoms with E-state index in [4.69, 9.17) is 0 Å². The maximum absolute atomic E-state index is 13.6. The van der Waals surface area contributed by atoms with E-state index >= 15 is 0 Å². The summed E-state index contributed by atoms with van der Waals surface area (Å²) in [5.41, 5.74) is 0.210. The van der Waals surface area contributed by atoms with Crippen molar-refractivity contribution >= 4 is 31.9 Å². The molecule has 0 spiro atoms. The number of nitrogens with zero attached hydrogens (tertiary/aromatic N) is 4. The van der Waals surface area contributed by atoms with Crippen LogP contribution >= 0.6 is 15.9 Å². The van der Waals surface area contributed by atoms with Gasteiger partial charge in [0.05, 0.1) is 10.0 Å². The van der Waals surface area contributed by atoms with Gasteiger partial charge in [-0.3, -0.25) is 4.79 Å². The number of H-pyrrole nitrogens is 1. The third-order valence-electron chi connectivity index (χ3n) is 3.69. The zero-order chi connectivity index (χ0) is 17.3. The molecular weight excluding hydrogens is 405 g/mol. The topological polar surface area (TPSA) is 99.3 Å². The molecule has 1 fully saturated rings. The number of sulfonamides is 1. The van der Waals surface area contributed by atoms with Crippen LogP contribution in [0.25, 0.3) is 0 Å². The van der Waals surface area contributed by atoms with Crippen molar-refractivity contribution in [2.45, 2.75) is 5.16 Å². The number of carbonyl (C=O) groups is 1. The van der Waals surface area contributed by atoms with Crippen LogP contribution in [-0.4, -0.2) is 64.9 Å². The first kappa shape index (κ1) is 17.0. The summed E-state index contributed by atoms with van der Waals surface area (Å²) in [7, 11) is -3.75. The second-order valence-corrected chi connectivity index (χ2v) is 7.73. The van der Waals surface area contributed by atoms with Gasteiger partial charge in [0.15, 0.2) is 0 Å². The van der Waals surface area contributed by atoms with Crippen molar-refractivity contribution in [3.8, 4) is 0 Å². The van der Waals surface area contributed by atoms with Crippen molar-refractivity contribution in [2.24, 2.45) is 0 Å². The molecule has 1 aliphatic heterocycles. The van der Waals surface area contributed by atoms with E-state index < -0.39 is 15.8 Å². The van der Waals surface area contributed by atoms with Gasteiger partial charge in [0.1, 0.15) is 12.1 Å². The average Bonchev–Trinajstić information content (AvgIpc) is 3.12. The fraction of sp³-hybridized carbons (Fsp3) is 0.308. The third kappa shape index (κ3) is 3.06. The number of hydrogen-bond donors (Lipinski definition) is 1. The van der Waals surface area contributed by atoms with Crippen LogP contribution < -0.4 is 0 Å². The van der Waals surface area contributed by atoms with E-state index in [0.29, 0.717) is 0 Å². The molecule has 0 radical (unpaired) electrons. The van der Waals surface area contributed by atoms with Gasteiger partial charge in [0, 0.05) is 26.2 Å². The molecule has 2 aromatic rings. The fourth-order valence-corrected chi connectivity index (χ4v) is 4.08. The number of aromatic nitrogens is 3. The normalized spacial score (nSPS) is 16.3. The highest BCUT2D eigenvalue weighted by Gasteiger charge is 2.32. The minimum atomic E-state index is -3.75. The van der Waals surface area contributed by atoms with E-state index in [2.05, 4.69) is 31.1 Å². The van der Waals surface area contributed by atoms with Gasteiger partial charge in [-0.05, 0) is 28.1 Å². The van der Waals surface area contributed by atoms with Crippen molar-refractivity contribution < 1.29 is 17.6 Å². The number of aromatic amines is 1. The second kappa shape index (κ2) is 6.57. The summed E-state index contributed by atoms with van der Waals surface area (Å²) >= 11 is 3.07. The fourth-order valence-electron chi connectivity index (χ4n) is 2.41. The zero-order valence-corrected chi connectivity index (χ0v) is 14.7. The Labute approximate surface area is 145 Å². The molecule has 3 rings (SSSR count). The highest BCUT2D eigenvalue weighted by atomic mass is 79.9. The molecule has 1 amide bonds. The molecule has 1 aromatic carbocycles. The first-order chi connectivity index (χ1) is 11.4. The van der Waals surface area contributed by atoms with Crippen LogP contribution in [0.1, 0.15) is 10.4 Å². The summed E-state index contributed by atoms with van der Waals surface area (Å²) in [4.78, 5) is 17.6. The molecule has 2 heterocycles. The average molecular weight is 418 g/mol. The number of benzene rings is 1. The molecule has 0 aliphatic carbocycles. The maximum Gasteiger partial charge on any atom is 0.278 e. The Morgan fingerprint density at radius 2 is 1.96 bits per heavy atom. The quantitative estimate of drug-likeness (QED) is 0.797. The standard InChI is InChI=1S/C13H13BrFN5O3S/c14-11-9(2-1-3-10(11)15)12(21)19-4-6-20(7-5-19)24(22,23)13-16-8-17-18-13/h1-3,8H,4-7H2,(H,16,17,18). The van der Waals surface area contributed by atoms with Crippen LogP contribution in [0.5, 0.6) is 0 Å². The molecule has 1 N–H and O–H groups in total. The first-order valence-corrected chi connectivity index (χ1v) is 9.23. The van der Waals surface area contributed by atoms with E-state index in [9.17, 15) is 17.6 Å². The molecule has 24 heavy (non-hydrogen) atoms. The SMILES string of the molecule is O=C(c1cccc(F)c1Br)N1CCN(S(=O)(=O)c2ncn[nH]2)CC1. The Morgan fingerprint density at radius 1 is 1.25 bits per heavy atom. The van der Waals surface area contributed by atoms with Crippen molar-refractivity contribution in [3.63, 3.8) is 0 Å². The van der Waals surface area contributed by atoms with Crippen LogP contribution in [0.4, 0.5) is 4.39 Å². The molecule has 0 unspecified atom stereocenters. The van der Waals surface area contributed by atoms with Crippen molar-refractivity contribution in [3.05, 3.63) is 40.4 Å². The number of carbonyl (C=O) groups excluding carboxylic acids is 1. The van der Waals surface area contributed by atoms with Gasteiger partial charge in [-0.1, -0.05) is 6.07 Å². The van der Waals surface area contributed by atoms with Crippen LogP contribution in [0.15, 0.2) is 34.2 Å². The predicted octanol–water partition coefficient (Wildman–Crippen LogP) is 0.853. The van der Waals surface area contributed by atoms with Gasteiger partial charge in [0.2, 0.25) is 0 Å². The molecule has 128 valence electrons. The van der Waals surface area contributed by atoms with Gasteiger partial charge in [-0.15, -0.1) is 0 Å². The van der Waals surface area contributed by atoms with Crippen molar-refractivity contribution in [1.82, 2.24) is 24.4 Å². The van der Waals surface area contributed by atoms with Gasteiger partial charge in [-0.2, -0.15) is 9.40 Å². The molecule has 1 aliphatic rings. The first-order valence-electron chi connectivity index (χ1n) is 7.00. The smallest absolute Gasteiger partial charge is 0.278 e. The number of piperazine rings is 1. The van der Waals surface area contributed by atoms with E-state index in [1.54, 1.807) is 0 Å². The summed E-state index contributed by atoms with van der Waals surface area (Å²) in [5.74, 6) is -0.870. The Hall–Kier alpha value is -1.85. The van der Waals surface area contributed by atoms with Crippen LogP contribution in [0.2, 0.25) is 0 Å². The lowest BCUT2D eigenvalue weighted by Gasteiger charge is -2.33. The molecule has 0 atom stereocenters. The molecular formula is C13H13BrFN5O3S. The van der Waals surface area contributed by atoms with Crippen molar-refractivity contribution in [2.75, 3.05) is 26.2 Å². The van der Waals surface area contributed by atoms with Crippen LogP contribution in [0, 0.1) is 5.82 Å². The number of nitrogens with one attached hydrogen (secondary N) is 1. The third-order valence-corrected chi connectivity index (χ3v) is 6.22. The van der Waals surface area contributed by atoms with Crippen LogP contribution in [-0.2, 0) is 10.0 Å². The van der Waals surface area contributed by atoms with Gasteiger partial charge >= 0.3 is 0 Å². The second-order valence-electron chi connectivity index (χ2n) is 5.09. The van der Waals surface area contributed by atoms with Gasteiger partial charge in [0.25, 0.3) is 21.1 Å². The summed E-state index contributed by atoms with van der Waals surface area (Å²) in [6.07, 6.45) is 1.12. The Morgan fingerprint density at radius 3 is 2.58 bits per heavy atom. The van der Waals surface area contributed by atoms with Gasteiger partial charge < -0.3 is 4.90 Å². The lowest BCUT2D eigenvalue weighted by atomic mass is 10.2. The van der Waals surface area contributed by atoms with E-state index in [1.165, 1.54) is 27.4 Å². The highest BCUT2D eigenvalue weighted by molar-refractivity contribution is 9.10. The monoisotopic (exact) mass is 417 g/mol. The van der Waals surface area contributed by atoms with E-state index in [0.717, 1.165) is 6.33 Å². The summed E-state index contributed by atoms with van der Waals surface area (Å²) in [5, 5.41) is 5.64. The summed E-state index contributed by atoms with van der Waals surface area (Å²) < 4.78 is 39.5. The molecule has 8 nitrogen and oxygen atoms in total. The summed E-state index contributed by atoms with van der Waals surface area (Å²) in [6, 6.07) is 4.23. The van der Waals surface area contributed by atoms with E-state index in [1.807, 2.05) is 0 Å². The predicted molar refractivity (Wildman–Crippen MR) is 85.1 cm³/mol. The van der Waals surface area contributed by atoms with E-state index in [-0.39, 0.29) is 47.3 Å². The maximum atomic E-state index is 13.6. The summed E-state index contributed by atoms with van der Waals surface area (Å²) in [6.45, 7) is 0.660. The molecule has 0 saturated carbocycles.